The minimum atomic E-state index is -0.377. The maximum atomic E-state index is 13.8. The predicted octanol–water partition coefficient (Wildman–Crippen LogP) is 4.46. The molecule has 3 rings (SSSR count). The summed E-state index contributed by atoms with van der Waals surface area (Å²) in [6.45, 7) is 1.86. The van der Waals surface area contributed by atoms with E-state index in [4.69, 9.17) is 11.6 Å². The van der Waals surface area contributed by atoms with Crippen LogP contribution in [0.25, 0.3) is 21.6 Å². The lowest BCUT2D eigenvalue weighted by Gasteiger charge is -2.06. The van der Waals surface area contributed by atoms with Crippen LogP contribution in [-0.2, 0) is 0 Å². The molecular weight excluding hydrogens is 271 g/mol. The molecule has 0 aliphatic carbocycles. The highest BCUT2D eigenvalue weighted by atomic mass is 35.5. The molecule has 0 saturated carbocycles. The molecule has 0 spiro atoms. The monoisotopic (exact) mass is 278 g/mol. The largest absolute Gasteiger partial charge is 0.224 e. The smallest absolute Gasteiger partial charge is 0.171 e. The molecule has 0 unspecified atom stereocenters. The molecule has 0 bridgehead atoms. The average molecular weight is 279 g/mol. The fourth-order valence-corrected chi connectivity index (χ4v) is 2.81. The Bertz CT molecular complexity index is 725. The van der Waals surface area contributed by atoms with Crippen molar-refractivity contribution in [3.8, 4) is 10.7 Å². The van der Waals surface area contributed by atoms with Crippen molar-refractivity contribution in [1.82, 2.24) is 9.97 Å². The molecule has 0 fully saturated rings. The summed E-state index contributed by atoms with van der Waals surface area (Å²) in [6, 6.07) is 6.86. The normalized spacial score (nSPS) is 11.1. The van der Waals surface area contributed by atoms with Crippen molar-refractivity contribution in [2.24, 2.45) is 0 Å². The number of benzene rings is 1. The van der Waals surface area contributed by atoms with Gasteiger partial charge in [-0.2, -0.15) is 0 Å². The van der Waals surface area contributed by atoms with Crippen molar-refractivity contribution in [2.45, 2.75) is 6.92 Å². The van der Waals surface area contributed by atoms with Crippen LogP contribution in [0.1, 0.15) is 5.56 Å². The third kappa shape index (κ3) is 1.78. The van der Waals surface area contributed by atoms with Gasteiger partial charge in [0.1, 0.15) is 16.5 Å². The summed E-state index contributed by atoms with van der Waals surface area (Å²) in [7, 11) is 0. The molecule has 0 amide bonds. The molecule has 90 valence electrons. The second-order valence-corrected chi connectivity index (χ2v) is 5.21. The van der Waals surface area contributed by atoms with Crippen molar-refractivity contribution < 1.29 is 4.39 Å². The Balaban J connectivity index is 2.37. The fourth-order valence-electron chi connectivity index (χ4n) is 1.83. The van der Waals surface area contributed by atoms with E-state index in [1.165, 1.54) is 17.4 Å². The van der Waals surface area contributed by atoms with Crippen molar-refractivity contribution in [3.05, 3.63) is 46.2 Å². The van der Waals surface area contributed by atoms with Gasteiger partial charge in [-0.15, -0.1) is 11.3 Å². The summed E-state index contributed by atoms with van der Waals surface area (Å²) in [4.78, 5) is 9.40. The van der Waals surface area contributed by atoms with Crippen LogP contribution in [0.5, 0.6) is 0 Å². The first kappa shape index (κ1) is 11.6. The molecule has 3 aromatic rings. The lowest BCUT2D eigenvalue weighted by atomic mass is 10.1. The van der Waals surface area contributed by atoms with E-state index in [-0.39, 0.29) is 11.3 Å². The van der Waals surface area contributed by atoms with Crippen LogP contribution in [-0.4, -0.2) is 9.97 Å². The number of fused-ring (bicyclic) bond motifs is 1. The molecular formula is C13H8ClFN2S. The van der Waals surface area contributed by atoms with Crippen molar-refractivity contribution in [1.29, 1.82) is 0 Å². The first-order chi connectivity index (χ1) is 8.66. The summed E-state index contributed by atoms with van der Waals surface area (Å²) in [6.07, 6.45) is 0. The fraction of sp³-hybridized carbons (Fsp3) is 0.0769. The minimum absolute atomic E-state index is 0.276. The Morgan fingerprint density at radius 3 is 2.78 bits per heavy atom. The zero-order valence-corrected chi connectivity index (χ0v) is 11.0. The SMILES string of the molecule is Cc1ccc(F)c2nc(-c3cccs3)nc(Cl)c12. The maximum absolute atomic E-state index is 13.8. The highest BCUT2D eigenvalue weighted by Crippen LogP contribution is 2.30. The van der Waals surface area contributed by atoms with Gasteiger partial charge in [-0.1, -0.05) is 23.7 Å². The van der Waals surface area contributed by atoms with Crippen LogP contribution in [0.2, 0.25) is 5.15 Å². The molecule has 2 nitrogen and oxygen atoms in total. The third-order valence-corrected chi connectivity index (χ3v) is 3.85. The maximum Gasteiger partial charge on any atom is 0.171 e. The van der Waals surface area contributed by atoms with Crippen molar-refractivity contribution >= 4 is 33.8 Å². The number of thiophene rings is 1. The van der Waals surface area contributed by atoms with Gasteiger partial charge >= 0.3 is 0 Å². The van der Waals surface area contributed by atoms with Gasteiger partial charge in [0, 0.05) is 5.39 Å². The summed E-state index contributed by atoms with van der Waals surface area (Å²) >= 11 is 7.64. The van der Waals surface area contributed by atoms with Gasteiger partial charge in [-0.3, -0.25) is 0 Å². The van der Waals surface area contributed by atoms with Crippen LogP contribution in [0.3, 0.4) is 0 Å². The van der Waals surface area contributed by atoms with E-state index in [0.717, 1.165) is 10.4 Å². The van der Waals surface area contributed by atoms with Gasteiger partial charge < -0.3 is 0 Å². The molecule has 0 N–H and O–H groups in total. The molecule has 5 heteroatoms. The van der Waals surface area contributed by atoms with Gasteiger partial charge in [0.2, 0.25) is 0 Å². The second-order valence-electron chi connectivity index (χ2n) is 3.90. The van der Waals surface area contributed by atoms with E-state index >= 15 is 0 Å². The van der Waals surface area contributed by atoms with Crippen LogP contribution >= 0.6 is 22.9 Å². The second kappa shape index (κ2) is 4.30. The molecule has 18 heavy (non-hydrogen) atoms. The highest BCUT2D eigenvalue weighted by Gasteiger charge is 2.13. The number of nitrogens with zero attached hydrogens (tertiary/aromatic N) is 2. The van der Waals surface area contributed by atoms with Gasteiger partial charge in [-0.25, -0.2) is 14.4 Å². The third-order valence-electron chi connectivity index (χ3n) is 2.71. The Morgan fingerprint density at radius 1 is 1.22 bits per heavy atom. The van der Waals surface area contributed by atoms with Crippen molar-refractivity contribution in [3.63, 3.8) is 0 Å². The van der Waals surface area contributed by atoms with Gasteiger partial charge in [0.25, 0.3) is 0 Å². The number of rotatable bonds is 1. The Labute approximate surface area is 112 Å². The zero-order valence-electron chi connectivity index (χ0n) is 9.45. The standard InChI is InChI=1S/C13H8ClFN2S/c1-7-4-5-8(15)11-10(7)12(14)17-13(16-11)9-3-2-6-18-9/h2-6H,1H3. The summed E-state index contributed by atoms with van der Waals surface area (Å²) in [5, 5.41) is 2.79. The van der Waals surface area contributed by atoms with Crippen LogP contribution < -0.4 is 0 Å². The number of hydrogen-bond donors (Lipinski definition) is 0. The molecule has 0 aliphatic rings. The first-order valence-corrected chi connectivity index (χ1v) is 6.59. The lowest BCUT2D eigenvalue weighted by molar-refractivity contribution is 0.636. The first-order valence-electron chi connectivity index (χ1n) is 5.33. The molecule has 0 atom stereocenters. The topological polar surface area (TPSA) is 25.8 Å². The molecule has 0 radical (unpaired) electrons. The zero-order chi connectivity index (χ0) is 12.7. The Morgan fingerprint density at radius 2 is 2.06 bits per heavy atom. The summed E-state index contributed by atoms with van der Waals surface area (Å²) in [5.41, 5.74) is 1.15. The summed E-state index contributed by atoms with van der Waals surface area (Å²) in [5.74, 6) is 0.0877. The Kier molecular flexibility index (Phi) is 2.76. The van der Waals surface area contributed by atoms with E-state index in [1.54, 1.807) is 6.07 Å². The minimum Gasteiger partial charge on any atom is -0.224 e. The summed E-state index contributed by atoms with van der Waals surface area (Å²) < 4.78 is 13.8. The van der Waals surface area contributed by atoms with Crippen LogP contribution in [0.4, 0.5) is 4.39 Å². The van der Waals surface area contributed by atoms with Gasteiger partial charge in [0.05, 0.1) is 4.88 Å². The van der Waals surface area contributed by atoms with Gasteiger partial charge in [0.15, 0.2) is 5.82 Å². The Hall–Kier alpha value is -1.52. The van der Waals surface area contributed by atoms with Gasteiger partial charge in [-0.05, 0) is 30.0 Å². The van der Waals surface area contributed by atoms with E-state index in [9.17, 15) is 4.39 Å². The molecule has 1 aromatic carbocycles. The van der Waals surface area contributed by atoms with E-state index in [0.29, 0.717) is 16.4 Å². The predicted molar refractivity (Wildman–Crippen MR) is 72.6 cm³/mol. The number of hydrogen-bond acceptors (Lipinski definition) is 3. The number of aryl methyl sites for hydroxylation is 1. The molecule has 0 aliphatic heterocycles. The molecule has 2 heterocycles. The van der Waals surface area contributed by atoms with E-state index < -0.39 is 0 Å². The van der Waals surface area contributed by atoms with E-state index in [1.807, 2.05) is 24.4 Å². The van der Waals surface area contributed by atoms with E-state index in [2.05, 4.69) is 9.97 Å². The van der Waals surface area contributed by atoms with Crippen LogP contribution in [0.15, 0.2) is 29.6 Å². The lowest BCUT2D eigenvalue weighted by Crippen LogP contribution is -1.94. The number of aromatic nitrogens is 2. The van der Waals surface area contributed by atoms with Crippen molar-refractivity contribution in [2.75, 3.05) is 0 Å². The average Bonchev–Trinajstić information content (AvgIpc) is 2.87. The molecule has 2 aromatic heterocycles. The number of halogens is 2. The van der Waals surface area contributed by atoms with Crippen LogP contribution in [0, 0.1) is 12.7 Å². The quantitative estimate of drug-likeness (QED) is 0.614. The highest BCUT2D eigenvalue weighted by molar-refractivity contribution is 7.13. The molecule has 0 saturated heterocycles.